The van der Waals surface area contributed by atoms with Crippen LogP contribution in [0.1, 0.15) is 27.0 Å². The van der Waals surface area contributed by atoms with Gasteiger partial charge < -0.3 is 4.90 Å². The van der Waals surface area contributed by atoms with E-state index in [-0.39, 0.29) is 18.1 Å². The van der Waals surface area contributed by atoms with Gasteiger partial charge >= 0.3 is 0 Å². The SMILES string of the molecule is O=C1c2ccccc2C(Cl)(c2ccccc2)N1Cc1ccc([N+](=O)[O-])cc1. The smallest absolute Gasteiger partial charge is 0.269 e. The van der Waals surface area contributed by atoms with Crippen molar-refractivity contribution < 1.29 is 9.72 Å². The molecule has 1 amide bonds. The minimum atomic E-state index is -1.13. The molecule has 0 radical (unpaired) electrons. The molecule has 0 fully saturated rings. The van der Waals surface area contributed by atoms with Gasteiger partial charge in [0.05, 0.1) is 4.92 Å². The second-order valence-corrected chi connectivity index (χ2v) is 6.90. The zero-order valence-corrected chi connectivity index (χ0v) is 15.0. The molecule has 0 aromatic heterocycles. The van der Waals surface area contributed by atoms with Crippen molar-refractivity contribution in [2.24, 2.45) is 0 Å². The summed E-state index contributed by atoms with van der Waals surface area (Å²) in [5.74, 6) is -0.164. The monoisotopic (exact) mass is 378 g/mol. The fourth-order valence-corrected chi connectivity index (χ4v) is 3.87. The van der Waals surface area contributed by atoms with E-state index in [9.17, 15) is 14.9 Å². The summed E-state index contributed by atoms with van der Waals surface area (Å²) in [6.07, 6.45) is 0. The van der Waals surface area contributed by atoms with Crippen LogP contribution in [0.4, 0.5) is 5.69 Å². The lowest BCUT2D eigenvalue weighted by molar-refractivity contribution is -0.384. The van der Waals surface area contributed by atoms with E-state index in [1.54, 1.807) is 23.1 Å². The molecule has 27 heavy (non-hydrogen) atoms. The van der Waals surface area contributed by atoms with Gasteiger partial charge in [0.25, 0.3) is 11.6 Å². The fraction of sp³-hybridized carbons (Fsp3) is 0.0952. The third kappa shape index (κ3) is 2.76. The lowest BCUT2D eigenvalue weighted by Crippen LogP contribution is -2.39. The van der Waals surface area contributed by atoms with Gasteiger partial charge in [0.15, 0.2) is 5.00 Å². The summed E-state index contributed by atoms with van der Waals surface area (Å²) in [6, 6.07) is 22.9. The van der Waals surface area contributed by atoms with E-state index in [1.807, 2.05) is 48.5 Å². The van der Waals surface area contributed by atoms with Gasteiger partial charge in [-0.05, 0) is 17.2 Å². The van der Waals surface area contributed by atoms with Crippen LogP contribution < -0.4 is 0 Å². The standard InChI is InChI=1S/C21H15ClN2O3/c22-21(16-6-2-1-3-7-16)19-9-5-4-8-18(19)20(25)23(21)14-15-10-12-17(13-11-15)24(26)27/h1-13H,14H2. The van der Waals surface area contributed by atoms with Crippen LogP contribution in [-0.2, 0) is 11.5 Å². The second-order valence-electron chi connectivity index (χ2n) is 6.35. The molecule has 1 aliphatic heterocycles. The van der Waals surface area contributed by atoms with E-state index in [4.69, 9.17) is 11.6 Å². The van der Waals surface area contributed by atoms with Crippen molar-refractivity contribution in [3.05, 3.63) is 111 Å². The molecule has 5 nitrogen and oxygen atoms in total. The van der Waals surface area contributed by atoms with Gasteiger partial charge in [0, 0.05) is 29.8 Å². The quantitative estimate of drug-likeness (QED) is 0.286. The predicted octanol–water partition coefficient (Wildman–Crippen LogP) is 4.69. The number of fused-ring (bicyclic) bond motifs is 1. The second kappa shape index (κ2) is 6.52. The molecule has 1 aliphatic rings. The summed E-state index contributed by atoms with van der Waals surface area (Å²) in [5, 5.41) is 10.9. The number of carbonyl (C=O) groups is 1. The molecule has 134 valence electrons. The number of nitro benzene ring substituents is 1. The highest BCUT2D eigenvalue weighted by atomic mass is 35.5. The highest BCUT2D eigenvalue weighted by Gasteiger charge is 2.49. The summed E-state index contributed by atoms with van der Waals surface area (Å²) in [6.45, 7) is 0.240. The van der Waals surface area contributed by atoms with Crippen molar-refractivity contribution in [3.8, 4) is 0 Å². The maximum absolute atomic E-state index is 13.1. The number of non-ortho nitro benzene ring substituents is 1. The topological polar surface area (TPSA) is 63.5 Å². The van der Waals surface area contributed by atoms with Crippen LogP contribution in [0.5, 0.6) is 0 Å². The third-order valence-electron chi connectivity index (χ3n) is 4.78. The maximum atomic E-state index is 13.1. The normalized spacial score (nSPS) is 18.4. The number of alkyl halides is 1. The first-order valence-corrected chi connectivity index (χ1v) is 8.79. The Labute approximate surface area is 161 Å². The molecule has 0 saturated heterocycles. The lowest BCUT2D eigenvalue weighted by Gasteiger charge is -2.34. The number of hydrogen-bond donors (Lipinski definition) is 0. The Kier molecular flexibility index (Phi) is 4.16. The first-order chi connectivity index (χ1) is 13.0. The number of rotatable bonds is 4. The molecule has 3 aromatic rings. The number of benzene rings is 3. The zero-order chi connectivity index (χ0) is 19.0. The maximum Gasteiger partial charge on any atom is 0.269 e. The number of carbonyl (C=O) groups excluding carboxylic acids is 1. The molecule has 0 saturated carbocycles. The first kappa shape index (κ1) is 17.2. The molecule has 1 atom stereocenters. The molecule has 0 N–H and O–H groups in total. The van der Waals surface area contributed by atoms with Gasteiger partial charge in [-0.2, -0.15) is 0 Å². The largest absolute Gasteiger partial charge is 0.307 e. The Morgan fingerprint density at radius 3 is 2.22 bits per heavy atom. The van der Waals surface area contributed by atoms with E-state index in [0.717, 1.165) is 16.7 Å². The van der Waals surface area contributed by atoms with Crippen LogP contribution in [0.15, 0.2) is 78.9 Å². The molecule has 3 aromatic carbocycles. The number of halogens is 1. The van der Waals surface area contributed by atoms with Crippen molar-refractivity contribution >= 4 is 23.2 Å². The summed E-state index contributed by atoms with van der Waals surface area (Å²) in [4.78, 5) is 24.0. The van der Waals surface area contributed by atoms with Crippen molar-refractivity contribution in [2.45, 2.75) is 11.5 Å². The minimum absolute atomic E-state index is 0.00924. The fourth-order valence-electron chi connectivity index (χ4n) is 3.45. The van der Waals surface area contributed by atoms with Gasteiger partial charge in [-0.1, -0.05) is 72.3 Å². The van der Waals surface area contributed by atoms with E-state index in [1.165, 1.54) is 12.1 Å². The van der Waals surface area contributed by atoms with E-state index < -0.39 is 9.92 Å². The van der Waals surface area contributed by atoms with Gasteiger partial charge in [0.1, 0.15) is 0 Å². The molecule has 1 unspecified atom stereocenters. The number of nitro groups is 1. The third-order valence-corrected chi connectivity index (χ3v) is 5.40. The van der Waals surface area contributed by atoms with Crippen LogP contribution in [0.25, 0.3) is 0 Å². The summed E-state index contributed by atoms with van der Waals surface area (Å²) < 4.78 is 0. The minimum Gasteiger partial charge on any atom is -0.307 e. The molecule has 0 bridgehead atoms. The summed E-state index contributed by atoms with van der Waals surface area (Å²) >= 11 is 7.12. The Balaban J connectivity index is 1.79. The predicted molar refractivity (Wildman–Crippen MR) is 102 cm³/mol. The van der Waals surface area contributed by atoms with Gasteiger partial charge in [-0.25, -0.2) is 0 Å². The Morgan fingerprint density at radius 2 is 1.56 bits per heavy atom. The Hall–Kier alpha value is -3.18. The molecule has 6 heteroatoms. The van der Waals surface area contributed by atoms with Crippen LogP contribution in [0.2, 0.25) is 0 Å². The average Bonchev–Trinajstić information content (AvgIpc) is 2.92. The molecular formula is C21H15ClN2O3. The first-order valence-electron chi connectivity index (χ1n) is 8.41. The lowest BCUT2D eigenvalue weighted by atomic mass is 9.97. The van der Waals surface area contributed by atoms with E-state index in [0.29, 0.717) is 5.56 Å². The van der Waals surface area contributed by atoms with Crippen molar-refractivity contribution in [1.82, 2.24) is 4.90 Å². The molecule has 0 spiro atoms. The molecule has 1 heterocycles. The van der Waals surface area contributed by atoms with Crippen molar-refractivity contribution in [2.75, 3.05) is 0 Å². The highest BCUT2D eigenvalue weighted by molar-refractivity contribution is 6.29. The van der Waals surface area contributed by atoms with Crippen LogP contribution in [-0.4, -0.2) is 15.7 Å². The van der Waals surface area contributed by atoms with Crippen molar-refractivity contribution in [3.63, 3.8) is 0 Å². The zero-order valence-electron chi connectivity index (χ0n) is 14.2. The van der Waals surface area contributed by atoms with E-state index in [2.05, 4.69) is 0 Å². The van der Waals surface area contributed by atoms with Crippen LogP contribution in [0.3, 0.4) is 0 Å². The average molecular weight is 379 g/mol. The Bertz CT molecular complexity index is 1020. The number of amides is 1. The molecule has 0 aliphatic carbocycles. The number of nitrogens with zero attached hydrogens (tertiary/aromatic N) is 2. The molecular weight excluding hydrogens is 364 g/mol. The van der Waals surface area contributed by atoms with E-state index >= 15 is 0 Å². The molecule has 4 rings (SSSR count). The summed E-state index contributed by atoms with van der Waals surface area (Å²) in [5.41, 5.74) is 2.88. The van der Waals surface area contributed by atoms with Gasteiger partial charge in [-0.3, -0.25) is 14.9 Å². The number of hydrogen-bond acceptors (Lipinski definition) is 3. The highest BCUT2D eigenvalue weighted by Crippen LogP contribution is 2.48. The van der Waals surface area contributed by atoms with Crippen LogP contribution in [0, 0.1) is 10.1 Å². The van der Waals surface area contributed by atoms with Crippen LogP contribution >= 0.6 is 11.6 Å². The van der Waals surface area contributed by atoms with Gasteiger partial charge in [-0.15, -0.1) is 0 Å². The Morgan fingerprint density at radius 1 is 0.926 bits per heavy atom. The van der Waals surface area contributed by atoms with Gasteiger partial charge in [0.2, 0.25) is 0 Å². The van der Waals surface area contributed by atoms with Crippen molar-refractivity contribution in [1.29, 1.82) is 0 Å². The summed E-state index contributed by atoms with van der Waals surface area (Å²) in [7, 11) is 0.